The van der Waals surface area contributed by atoms with Crippen molar-refractivity contribution in [2.24, 2.45) is 10.9 Å². The van der Waals surface area contributed by atoms with Gasteiger partial charge in [-0.1, -0.05) is 31.8 Å². The average Bonchev–Trinajstić information content (AvgIpc) is 3.12. The number of nitrogens with one attached hydrogen (secondary N) is 2. The monoisotopic (exact) mass is 380 g/mol. The maximum absolute atomic E-state index is 5.53. The van der Waals surface area contributed by atoms with E-state index in [1.54, 1.807) is 0 Å². The van der Waals surface area contributed by atoms with Crippen LogP contribution in [0.4, 0.5) is 0 Å². The van der Waals surface area contributed by atoms with Crippen LogP contribution in [0.15, 0.2) is 9.52 Å². The van der Waals surface area contributed by atoms with E-state index >= 15 is 0 Å². The Morgan fingerprint density at radius 3 is 2.56 bits per heavy atom. The molecule has 1 aliphatic heterocycles. The summed E-state index contributed by atoms with van der Waals surface area (Å²) in [5.41, 5.74) is 0. The number of guanidine groups is 1. The topological polar surface area (TPSA) is 87.8 Å². The van der Waals surface area contributed by atoms with E-state index in [1.807, 2.05) is 14.0 Å². The highest BCUT2D eigenvalue weighted by atomic mass is 16.5. The third-order valence-corrected chi connectivity index (χ3v) is 5.24. The first-order chi connectivity index (χ1) is 13.2. The molecule has 1 aromatic heterocycles. The predicted molar refractivity (Wildman–Crippen MR) is 107 cm³/mol. The lowest BCUT2D eigenvalue weighted by atomic mass is 9.92. The third-order valence-electron chi connectivity index (χ3n) is 5.24. The van der Waals surface area contributed by atoms with E-state index in [4.69, 9.17) is 9.26 Å². The molecule has 2 heterocycles. The average molecular weight is 381 g/mol. The molecule has 0 aliphatic carbocycles. The van der Waals surface area contributed by atoms with Gasteiger partial charge in [-0.25, -0.2) is 0 Å². The molecule has 1 aromatic rings. The van der Waals surface area contributed by atoms with Crippen molar-refractivity contribution in [1.82, 2.24) is 25.7 Å². The van der Waals surface area contributed by atoms with E-state index in [1.165, 1.54) is 12.8 Å². The van der Waals surface area contributed by atoms with Gasteiger partial charge in [-0.2, -0.15) is 4.98 Å². The summed E-state index contributed by atoms with van der Waals surface area (Å²) in [5, 5.41) is 10.7. The summed E-state index contributed by atoms with van der Waals surface area (Å²) in [6.07, 6.45) is 4.07. The molecule has 8 nitrogen and oxygen atoms in total. The van der Waals surface area contributed by atoms with Gasteiger partial charge in [0.1, 0.15) is 0 Å². The first-order valence-corrected chi connectivity index (χ1v) is 10.2. The minimum Gasteiger partial charge on any atom is -0.379 e. The van der Waals surface area contributed by atoms with Crippen LogP contribution >= 0.6 is 0 Å². The van der Waals surface area contributed by atoms with Crippen LogP contribution in [0.1, 0.15) is 44.8 Å². The highest BCUT2D eigenvalue weighted by molar-refractivity contribution is 5.79. The highest BCUT2D eigenvalue weighted by Crippen LogP contribution is 2.19. The van der Waals surface area contributed by atoms with E-state index < -0.39 is 0 Å². The largest absolute Gasteiger partial charge is 0.379 e. The smallest absolute Gasteiger partial charge is 0.226 e. The fraction of sp³-hybridized carbons (Fsp3) is 0.842. The highest BCUT2D eigenvalue weighted by Gasteiger charge is 2.26. The van der Waals surface area contributed by atoms with Gasteiger partial charge in [-0.15, -0.1) is 0 Å². The number of hydrogen-bond acceptors (Lipinski definition) is 6. The number of ether oxygens (including phenoxy) is 1. The Hall–Kier alpha value is -1.67. The summed E-state index contributed by atoms with van der Waals surface area (Å²) < 4.78 is 10.7. The number of aromatic nitrogens is 2. The summed E-state index contributed by atoms with van der Waals surface area (Å²) in [6, 6.07) is 0.504. The van der Waals surface area contributed by atoms with Crippen molar-refractivity contribution in [2.75, 3.05) is 46.4 Å². The van der Waals surface area contributed by atoms with Crippen molar-refractivity contribution in [3.05, 3.63) is 11.7 Å². The summed E-state index contributed by atoms with van der Waals surface area (Å²) >= 11 is 0. The first-order valence-electron chi connectivity index (χ1n) is 10.2. The van der Waals surface area contributed by atoms with Crippen molar-refractivity contribution in [3.8, 4) is 0 Å². The molecule has 0 amide bonds. The Morgan fingerprint density at radius 1 is 1.22 bits per heavy atom. The van der Waals surface area contributed by atoms with Crippen molar-refractivity contribution >= 4 is 5.96 Å². The van der Waals surface area contributed by atoms with Gasteiger partial charge < -0.3 is 19.9 Å². The van der Waals surface area contributed by atoms with E-state index in [2.05, 4.69) is 44.5 Å². The van der Waals surface area contributed by atoms with Gasteiger partial charge in [-0.05, 0) is 19.3 Å². The molecule has 154 valence electrons. The minimum atomic E-state index is 0.504. The van der Waals surface area contributed by atoms with E-state index in [9.17, 15) is 0 Å². The van der Waals surface area contributed by atoms with Crippen LogP contribution in [0.3, 0.4) is 0 Å². The van der Waals surface area contributed by atoms with Crippen LogP contribution in [0.5, 0.6) is 0 Å². The molecule has 0 aromatic carbocycles. The van der Waals surface area contributed by atoms with Gasteiger partial charge in [0.05, 0.1) is 13.2 Å². The van der Waals surface area contributed by atoms with Gasteiger partial charge in [0.25, 0.3) is 0 Å². The van der Waals surface area contributed by atoms with Gasteiger partial charge in [0, 0.05) is 45.7 Å². The number of rotatable bonds is 10. The summed E-state index contributed by atoms with van der Waals surface area (Å²) in [7, 11) is 1.82. The number of hydrogen-bond donors (Lipinski definition) is 2. The van der Waals surface area contributed by atoms with Gasteiger partial charge in [-0.3, -0.25) is 9.89 Å². The molecule has 0 spiro atoms. The van der Waals surface area contributed by atoms with E-state index in [-0.39, 0.29) is 0 Å². The third kappa shape index (κ3) is 7.10. The van der Waals surface area contributed by atoms with Crippen molar-refractivity contribution in [1.29, 1.82) is 0 Å². The standard InChI is InChI=1S/C19H36N6O2/c1-5-16(6-2)17(25-10-12-26-13-11-25)14-22-19(20-4)21-9-7-8-18-23-15(3)24-27-18/h16-17H,5-14H2,1-4H3,(H2,20,21,22). The normalized spacial score (nSPS) is 17.3. The molecule has 27 heavy (non-hydrogen) atoms. The number of nitrogens with zero attached hydrogens (tertiary/aromatic N) is 4. The van der Waals surface area contributed by atoms with E-state index in [0.717, 1.165) is 58.2 Å². The molecule has 1 saturated heterocycles. The van der Waals surface area contributed by atoms with Crippen LogP contribution < -0.4 is 10.6 Å². The molecule has 1 aliphatic rings. The zero-order valence-electron chi connectivity index (χ0n) is 17.3. The number of aliphatic imine (C=N–C) groups is 1. The second kappa shape index (κ2) is 11.9. The molecule has 1 unspecified atom stereocenters. The second-order valence-electron chi connectivity index (χ2n) is 7.01. The predicted octanol–water partition coefficient (Wildman–Crippen LogP) is 1.61. The van der Waals surface area contributed by atoms with Crippen LogP contribution in [0.25, 0.3) is 0 Å². The Morgan fingerprint density at radius 2 is 1.96 bits per heavy atom. The Labute approximate surface area is 163 Å². The van der Waals surface area contributed by atoms with Gasteiger partial charge >= 0.3 is 0 Å². The summed E-state index contributed by atoms with van der Waals surface area (Å²) in [5.74, 6) is 2.90. The molecule has 1 fully saturated rings. The van der Waals surface area contributed by atoms with Crippen LogP contribution in [0, 0.1) is 12.8 Å². The molecule has 0 bridgehead atoms. The lowest BCUT2D eigenvalue weighted by molar-refractivity contribution is 0.00272. The van der Waals surface area contributed by atoms with Crippen LogP contribution in [0.2, 0.25) is 0 Å². The van der Waals surface area contributed by atoms with Crippen molar-refractivity contribution in [2.45, 2.75) is 52.5 Å². The summed E-state index contributed by atoms with van der Waals surface area (Å²) in [4.78, 5) is 11.2. The molecule has 1 atom stereocenters. The molecular weight excluding hydrogens is 344 g/mol. The number of morpholine rings is 1. The molecule has 0 radical (unpaired) electrons. The van der Waals surface area contributed by atoms with E-state index in [0.29, 0.717) is 23.7 Å². The fourth-order valence-electron chi connectivity index (χ4n) is 3.65. The number of aryl methyl sites for hydroxylation is 2. The molecule has 0 saturated carbocycles. The molecular formula is C19H36N6O2. The Balaban J connectivity index is 1.78. The maximum Gasteiger partial charge on any atom is 0.226 e. The maximum atomic E-state index is 5.53. The molecule has 8 heteroatoms. The molecule has 2 N–H and O–H groups in total. The van der Waals surface area contributed by atoms with Gasteiger partial charge in [0.2, 0.25) is 5.89 Å². The zero-order valence-corrected chi connectivity index (χ0v) is 17.3. The molecule has 2 rings (SSSR count). The lowest BCUT2D eigenvalue weighted by Crippen LogP contribution is -2.53. The SMILES string of the molecule is CCC(CC)C(CNC(=NC)NCCCc1nc(C)no1)N1CCOCC1. The van der Waals surface area contributed by atoms with Crippen molar-refractivity contribution in [3.63, 3.8) is 0 Å². The lowest BCUT2D eigenvalue weighted by Gasteiger charge is -2.39. The second-order valence-corrected chi connectivity index (χ2v) is 7.01. The minimum absolute atomic E-state index is 0.504. The van der Waals surface area contributed by atoms with Crippen molar-refractivity contribution < 1.29 is 9.26 Å². The first kappa shape index (κ1) is 21.6. The quantitative estimate of drug-likeness (QED) is 0.362. The zero-order chi connectivity index (χ0) is 19.5. The van der Waals surface area contributed by atoms with Gasteiger partial charge in [0.15, 0.2) is 11.8 Å². The fourth-order valence-corrected chi connectivity index (χ4v) is 3.65. The van der Waals surface area contributed by atoms with Crippen LogP contribution in [-0.4, -0.2) is 73.5 Å². The Kier molecular flexibility index (Phi) is 9.55. The van der Waals surface area contributed by atoms with Crippen LogP contribution in [-0.2, 0) is 11.2 Å². The summed E-state index contributed by atoms with van der Waals surface area (Å²) in [6.45, 7) is 11.8. The Bertz CT molecular complexity index is 552.